The van der Waals surface area contributed by atoms with Crippen LogP contribution in [-0.2, 0) is 26.0 Å². The second kappa shape index (κ2) is 7.10. The molecule has 0 aromatic heterocycles. The maximum atomic E-state index is 14.4. The number of benzene rings is 1. The number of nitrogens with two attached hydrogens (primary N) is 1. The molecular formula is C20H19FN2O9S. The maximum Gasteiger partial charge on any atom is 0.255 e. The summed E-state index contributed by atoms with van der Waals surface area (Å²) >= 11 is 0. The van der Waals surface area contributed by atoms with Crippen molar-refractivity contribution in [1.82, 2.24) is 4.72 Å². The fourth-order valence-corrected chi connectivity index (χ4v) is 5.74. The molecule has 3 aliphatic rings. The minimum Gasteiger partial charge on any atom is -0.510 e. The minimum atomic E-state index is -4.10. The molecule has 176 valence electrons. The number of phenolic OH excluding ortho intramolecular Hbond substituents is 1. The second-order valence-electron chi connectivity index (χ2n) is 8.34. The molecule has 1 aromatic rings. The van der Waals surface area contributed by atoms with Gasteiger partial charge in [-0.1, -0.05) is 0 Å². The van der Waals surface area contributed by atoms with Gasteiger partial charge in [0.1, 0.15) is 28.7 Å². The number of carbonyl (C=O) groups excluding carboxylic acids is 3. The Morgan fingerprint density at radius 2 is 1.88 bits per heavy atom. The molecule has 33 heavy (non-hydrogen) atoms. The minimum absolute atomic E-state index is 0.153. The summed E-state index contributed by atoms with van der Waals surface area (Å²) < 4.78 is 40.3. The number of amides is 1. The molecule has 11 nitrogen and oxygen atoms in total. The average Bonchev–Trinajstić information content (AvgIpc) is 2.69. The highest BCUT2D eigenvalue weighted by Crippen LogP contribution is 2.51. The van der Waals surface area contributed by atoms with E-state index in [1.165, 1.54) is 0 Å². The van der Waals surface area contributed by atoms with Gasteiger partial charge in [0.15, 0.2) is 11.4 Å². The largest absolute Gasteiger partial charge is 0.510 e. The number of aromatic hydroxyl groups is 1. The van der Waals surface area contributed by atoms with E-state index in [4.69, 9.17) is 5.73 Å². The van der Waals surface area contributed by atoms with Crippen molar-refractivity contribution in [1.29, 1.82) is 0 Å². The number of phenols is 1. The Balaban J connectivity index is 1.98. The molecule has 0 saturated carbocycles. The molecule has 4 rings (SSSR count). The van der Waals surface area contributed by atoms with Gasteiger partial charge < -0.3 is 26.2 Å². The quantitative estimate of drug-likeness (QED) is 0.299. The van der Waals surface area contributed by atoms with Crippen LogP contribution in [0.25, 0.3) is 0 Å². The first kappa shape index (κ1) is 22.9. The fourth-order valence-electron chi connectivity index (χ4n) is 5.00. The van der Waals surface area contributed by atoms with Gasteiger partial charge in [0.05, 0.1) is 17.9 Å². The van der Waals surface area contributed by atoms with E-state index >= 15 is 0 Å². The number of rotatable bonds is 3. The molecule has 0 saturated heterocycles. The van der Waals surface area contributed by atoms with E-state index in [9.17, 15) is 47.6 Å². The van der Waals surface area contributed by atoms with Crippen LogP contribution in [0.4, 0.5) is 4.39 Å². The van der Waals surface area contributed by atoms with Crippen LogP contribution in [-0.4, -0.2) is 64.2 Å². The Kier molecular flexibility index (Phi) is 4.93. The number of allylic oxidation sites excluding steroid dienone is 1. The lowest BCUT2D eigenvalue weighted by Crippen LogP contribution is -2.64. The van der Waals surface area contributed by atoms with Crippen LogP contribution >= 0.6 is 0 Å². The first-order chi connectivity index (χ1) is 15.2. The predicted octanol–water partition coefficient (Wildman–Crippen LogP) is -0.753. The Bertz CT molecular complexity index is 1320. The van der Waals surface area contributed by atoms with E-state index in [0.29, 0.717) is 0 Å². The lowest BCUT2D eigenvalue weighted by molar-refractivity contribution is -0.145. The second-order valence-corrected chi connectivity index (χ2v) is 10.1. The van der Waals surface area contributed by atoms with Crippen molar-refractivity contribution in [2.24, 2.45) is 17.6 Å². The van der Waals surface area contributed by atoms with E-state index in [2.05, 4.69) is 0 Å². The van der Waals surface area contributed by atoms with Gasteiger partial charge in [-0.15, -0.1) is 0 Å². The number of halogens is 1. The third-order valence-corrected chi connectivity index (χ3v) is 7.05. The summed E-state index contributed by atoms with van der Waals surface area (Å²) in [6, 6.07) is 0.120. The molecular weight excluding hydrogens is 463 g/mol. The first-order valence-corrected chi connectivity index (χ1v) is 11.5. The zero-order chi connectivity index (χ0) is 24.6. The Labute approximate surface area is 186 Å². The SMILES string of the molecule is CS(=O)(=O)N[C@@H]1C(O)=C(C(N)=O)C(=O)[C@@]2(O)C(O)=C3C(=O)c4c(O)ccc(F)c4C[C@H]3C[C@@H]12. The number of carbonyl (C=O) groups is 3. The molecule has 1 amide bonds. The van der Waals surface area contributed by atoms with E-state index in [-0.39, 0.29) is 18.4 Å². The average molecular weight is 482 g/mol. The van der Waals surface area contributed by atoms with Crippen molar-refractivity contribution in [3.8, 4) is 5.75 Å². The van der Waals surface area contributed by atoms with Crippen LogP contribution in [0.1, 0.15) is 22.3 Å². The number of fused-ring (bicyclic) bond motifs is 3. The number of hydrogen-bond donors (Lipinski definition) is 6. The summed E-state index contributed by atoms with van der Waals surface area (Å²) in [5.41, 5.74) is -0.0736. The molecule has 0 unspecified atom stereocenters. The normalized spacial score (nSPS) is 29.5. The zero-order valence-electron chi connectivity index (χ0n) is 17.0. The van der Waals surface area contributed by atoms with Gasteiger partial charge in [0, 0.05) is 17.1 Å². The summed E-state index contributed by atoms with van der Waals surface area (Å²) in [6.07, 6.45) is 0.119. The molecule has 0 heterocycles. The molecule has 13 heteroatoms. The first-order valence-electron chi connectivity index (χ1n) is 9.66. The van der Waals surface area contributed by atoms with Gasteiger partial charge in [-0.25, -0.2) is 17.5 Å². The van der Waals surface area contributed by atoms with Gasteiger partial charge in [-0.2, -0.15) is 0 Å². The van der Waals surface area contributed by atoms with E-state index < -0.39 is 90.8 Å². The van der Waals surface area contributed by atoms with Crippen molar-refractivity contribution in [2.45, 2.75) is 24.5 Å². The van der Waals surface area contributed by atoms with Crippen molar-refractivity contribution in [2.75, 3.05) is 6.26 Å². The van der Waals surface area contributed by atoms with Gasteiger partial charge >= 0.3 is 0 Å². The molecule has 7 N–H and O–H groups in total. The summed E-state index contributed by atoms with van der Waals surface area (Å²) in [5.74, 6) is -10.3. The molecule has 3 aliphatic carbocycles. The van der Waals surface area contributed by atoms with Crippen LogP contribution in [0.3, 0.4) is 0 Å². The van der Waals surface area contributed by atoms with E-state index in [0.717, 1.165) is 18.4 Å². The molecule has 4 atom stereocenters. The smallest absolute Gasteiger partial charge is 0.255 e. The van der Waals surface area contributed by atoms with E-state index in [1.807, 2.05) is 4.72 Å². The Hall–Kier alpha value is -3.29. The standard InChI is InChI=1S/C20H19FN2O9S/c1-33(31,32)23-14-8-5-6-4-7-9(21)2-3-10(24)12(7)15(25)11(6)17(27)20(8,30)18(28)13(16(14)26)19(22)29/h2-3,6,8,14,23-24,26-27,30H,4-5H2,1H3,(H2,22,29)/t6-,8-,14-,20-/m0/s1. The maximum absolute atomic E-state index is 14.4. The lowest BCUT2D eigenvalue weighted by atomic mass is 9.59. The molecule has 0 radical (unpaired) electrons. The van der Waals surface area contributed by atoms with Crippen LogP contribution < -0.4 is 10.5 Å². The van der Waals surface area contributed by atoms with Crippen molar-refractivity contribution in [3.63, 3.8) is 0 Å². The number of sulfonamides is 1. The topological polar surface area (TPSA) is 204 Å². The number of hydrogen-bond acceptors (Lipinski definition) is 9. The number of aliphatic hydroxyl groups excluding tert-OH is 2. The highest BCUT2D eigenvalue weighted by atomic mass is 32.2. The molecule has 0 aliphatic heterocycles. The Morgan fingerprint density at radius 3 is 2.45 bits per heavy atom. The highest BCUT2D eigenvalue weighted by Gasteiger charge is 2.63. The summed E-state index contributed by atoms with van der Waals surface area (Å²) in [7, 11) is -4.10. The van der Waals surface area contributed by atoms with Gasteiger partial charge in [-0.3, -0.25) is 14.4 Å². The van der Waals surface area contributed by atoms with Gasteiger partial charge in [0.25, 0.3) is 5.91 Å². The third kappa shape index (κ3) is 3.14. The van der Waals surface area contributed by atoms with Crippen molar-refractivity contribution >= 4 is 27.5 Å². The number of ketones is 2. The molecule has 0 bridgehead atoms. The Morgan fingerprint density at radius 1 is 1.24 bits per heavy atom. The number of nitrogens with one attached hydrogen (secondary N) is 1. The van der Waals surface area contributed by atoms with Gasteiger partial charge in [-0.05, 0) is 30.9 Å². The summed E-state index contributed by atoms with van der Waals surface area (Å²) in [4.78, 5) is 38.0. The third-order valence-electron chi connectivity index (χ3n) is 6.37. The van der Waals surface area contributed by atoms with Crippen LogP contribution in [0.15, 0.2) is 34.8 Å². The zero-order valence-corrected chi connectivity index (χ0v) is 17.8. The fraction of sp³-hybridized carbons (Fsp3) is 0.350. The van der Waals surface area contributed by atoms with Gasteiger partial charge in [0.2, 0.25) is 15.8 Å². The van der Waals surface area contributed by atoms with Crippen LogP contribution in [0, 0.1) is 17.7 Å². The molecule has 0 spiro atoms. The number of Topliss-reactive ketones (excluding diaryl/α,β-unsaturated/α-hetero) is 2. The summed E-state index contributed by atoms with van der Waals surface area (Å²) in [6.45, 7) is 0. The summed E-state index contributed by atoms with van der Waals surface area (Å²) in [5, 5.41) is 42.9. The number of aliphatic hydroxyl groups is 3. The van der Waals surface area contributed by atoms with Crippen LogP contribution in [0.5, 0.6) is 5.75 Å². The molecule has 1 aromatic carbocycles. The monoisotopic (exact) mass is 482 g/mol. The predicted molar refractivity (Wildman–Crippen MR) is 108 cm³/mol. The van der Waals surface area contributed by atoms with E-state index in [1.54, 1.807) is 0 Å². The van der Waals surface area contributed by atoms with Crippen LogP contribution in [0.2, 0.25) is 0 Å². The highest BCUT2D eigenvalue weighted by molar-refractivity contribution is 7.88. The number of primary amides is 1. The lowest BCUT2D eigenvalue weighted by Gasteiger charge is -2.48. The van der Waals surface area contributed by atoms with Crippen molar-refractivity contribution in [3.05, 3.63) is 51.7 Å². The molecule has 0 fully saturated rings. The van der Waals surface area contributed by atoms with Crippen molar-refractivity contribution < 1.29 is 47.6 Å².